The Bertz CT molecular complexity index is 1320. The number of ether oxygens (including phenoxy) is 2. The Kier molecular flexibility index (Phi) is 7.35. The van der Waals surface area contributed by atoms with Crippen molar-refractivity contribution in [1.82, 2.24) is 9.88 Å². The minimum absolute atomic E-state index is 0. The summed E-state index contributed by atoms with van der Waals surface area (Å²) in [6, 6.07) is 19.6. The third-order valence-electron chi connectivity index (χ3n) is 5.55. The minimum atomic E-state index is -0.167. The van der Waals surface area contributed by atoms with Gasteiger partial charge in [0.05, 0.1) is 10.2 Å². The average Bonchev–Trinajstić information content (AvgIpc) is 3.48. The molecule has 35 heavy (non-hydrogen) atoms. The highest BCUT2D eigenvalue weighted by Gasteiger charge is 2.24. The number of amides is 1. The first-order valence-electron chi connectivity index (χ1n) is 10.9. The van der Waals surface area contributed by atoms with Gasteiger partial charge in [-0.2, -0.15) is 0 Å². The molecule has 1 aliphatic rings. The number of carbonyl (C=O) groups excluding carboxylic acids is 2. The third-order valence-corrected chi connectivity index (χ3v) is 6.59. The number of ketones is 1. The van der Waals surface area contributed by atoms with E-state index < -0.39 is 0 Å². The molecule has 0 N–H and O–H groups in total. The van der Waals surface area contributed by atoms with Crippen LogP contribution in [0.1, 0.15) is 26.3 Å². The monoisotopic (exact) mass is 509 g/mol. The van der Waals surface area contributed by atoms with Gasteiger partial charge in [0.15, 0.2) is 22.4 Å². The normalized spacial score (nSPS) is 12.0. The molecule has 5 rings (SSSR count). The molecule has 7 nitrogen and oxygen atoms in total. The molecule has 3 aromatic carbocycles. The number of carbonyl (C=O) groups is 2. The van der Waals surface area contributed by atoms with Gasteiger partial charge in [-0.25, -0.2) is 4.98 Å². The molecule has 1 aliphatic heterocycles. The maximum absolute atomic E-state index is 13.5. The van der Waals surface area contributed by atoms with Gasteiger partial charge in [0.2, 0.25) is 6.79 Å². The van der Waals surface area contributed by atoms with E-state index in [0.717, 1.165) is 10.2 Å². The Hall–Kier alpha value is -3.46. The van der Waals surface area contributed by atoms with Gasteiger partial charge < -0.3 is 14.4 Å². The lowest BCUT2D eigenvalue weighted by atomic mass is 10.0. The molecule has 0 bridgehead atoms. The van der Waals surface area contributed by atoms with E-state index in [9.17, 15) is 9.59 Å². The van der Waals surface area contributed by atoms with E-state index in [1.165, 1.54) is 11.3 Å². The van der Waals surface area contributed by atoms with E-state index in [4.69, 9.17) is 14.5 Å². The van der Waals surface area contributed by atoms with Gasteiger partial charge in [0.1, 0.15) is 0 Å². The molecule has 4 aromatic rings. The van der Waals surface area contributed by atoms with Crippen molar-refractivity contribution in [3.8, 4) is 11.5 Å². The number of anilines is 1. The Balaban J connectivity index is 0.00000289. The Labute approximate surface area is 213 Å². The standard InChI is InChI=1S/C26H23N3O4S.ClH/c1-28(2)12-13-29(26-27-20-14-21-22(33-16-32-21)15-23(20)34-26)25(31)19-10-8-18(9-11-19)24(30)17-6-4-3-5-7-17;/h3-11,14-15H,12-13,16H2,1-2H3;1H. The van der Waals surface area contributed by atoms with Crippen molar-refractivity contribution in [3.63, 3.8) is 0 Å². The van der Waals surface area contributed by atoms with Gasteiger partial charge in [0, 0.05) is 41.9 Å². The molecule has 0 saturated heterocycles. The molecule has 2 heterocycles. The summed E-state index contributed by atoms with van der Waals surface area (Å²) in [4.78, 5) is 34.7. The first-order valence-corrected chi connectivity index (χ1v) is 11.7. The van der Waals surface area contributed by atoms with E-state index in [1.807, 2.05) is 49.3 Å². The van der Waals surface area contributed by atoms with Gasteiger partial charge in [-0.05, 0) is 26.2 Å². The molecular weight excluding hydrogens is 486 g/mol. The predicted molar refractivity (Wildman–Crippen MR) is 140 cm³/mol. The Morgan fingerprint density at radius 3 is 2.20 bits per heavy atom. The molecule has 9 heteroatoms. The summed E-state index contributed by atoms with van der Waals surface area (Å²) in [5, 5.41) is 0.606. The predicted octanol–water partition coefficient (Wildman–Crippen LogP) is 4.89. The van der Waals surface area contributed by atoms with Crippen LogP contribution in [0.4, 0.5) is 5.13 Å². The van der Waals surface area contributed by atoms with E-state index in [2.05, 4.69) is 0 Å². The largest absolute Gasteiger partial charge is 0.454 e. The van der Waals surface area contributed by atoms with Crippen LogP contribution in [-0.4, -0.2) is 55.6 Å². The number of hydrogen-bond donors (Lipinski definition) is 0. The maximum atomic E-state index is 13.5. The van der Waals surface area contributed by atoms with E-state index in [-0.39, 0.29) is 30.9 Å². The van der Waals surface area contributed by atoms with Crippen LogP contribution in [0.25, 0.3) is 10.2 Å². The van der Waals surface area contributed by atoms with Crippen LogP contribution in [0, 0.1) is 0 Å². The third kappa shape index (κ3) is 5.14. The zero-order valence-electron chi connectivity index (χ0n) is 19.3. The Morgan fingerprint density at radius 1 is 0.886 bits per heavy atom. The number of fused-ring (bicyclic) bond motifs is 2. The SMILES string of the molecule is CN(C)CCN(C(=O)c1ccc(C(=O)c2ccccc2)cc1)c1nc2cc3c(cc2s1)OCO3.Cl. The van der Waals surface area contributed by atoms with Crippen LogP contribution < -0.4 is 14.4 Å². The molecule has 0 saturated carbocycles. The van der Waals surface area contributed by atoms with Crippen LogP contribution in [-0.2, 0) is 0 Å². The molecule has 0 spiro atoms. The fourth-order valence-corrected chi connectivity index (χ4v) is 4.68. The molecule has 1 aromatic heterocycles. The van der Waals surface area contributed by atoms with Crippen LogP contribution >= 0.6 is 23.7 Å². The molecule has 1 amide bonds. The summed E-state index contributed by atoms with van der Waals surface area (Å²) in [5.41, 5.74) is 2.41. The van der Waals surface area contributed by atoms with Crippen molar-refractivity contribution < 1.29 is 19.1 Å². The number of benzene rings is 3. The summed E-state index contributed by atoms with van der Waals surface area (Å²) in [5.74, 6) is 1.11. The van der Waals surface area contributed by atoms with Crippen LogP contribution in [0.2, 0.25) is 0 Å². The van der Waals surface area contributed by atoms with Gasteiger partial charge in [-0.1, -0.05) is 53.8 Å². The number of likely N-dealkylation sites (N-methyl/N-ethyl adjacent to an activating group) is 1. The quantitative estimate of drug-likeness (QED) is 0.330. The first-order chi connectivity index (χ1) is 16.5. The number of halogens is 1. The summed E-state index contributed by atoms with van der Waals surface area (Å²) < 4.78 is 11.9. The van der Waals surface area contributed by atoms with Crippen molar-refractivity contribution in [3.05, 3.63) is 83.4 Å². The molecular formula is C26H24ClN3O4S. The fraction of sp³-hybridized carbons (Fsp3) is 0.192. The van der Waals surface area contributed by atoms with Crippen LogP contribution in [0.15, 0.2) is 66.7 Å². The average molecular weight is 510 g/mol. The minimum Gasteiger partial charge on any atom is -0.454 e. The second kappa shape index (κ2) is 10.4. The topological polar surface area (TPSA) is 72.0 Å². The second-order valence-corrected chi connectivity index (χ2v) is 9.21. The summed E-state index contributed by atoms with van der Waals surface area (Å²) in [7, 11) is 3.93. The van der Waals surface area contributed by atoms with Crippen molar-refractivity contribution >= 4 is 50.8 Å². The van der Waals surface area contributed by atoms with Crippen LogP contribution in [0.5, 0.6) is 11.5 Å². The van der Waals surface area contributed by atoms with E-state index in [1.54, 1.807) is 41.3 Å². The number of thiazole rings is 1. The van der Waals surface area contributed by atoms with Gasteiger partial charge in [-0.3, -0.25) is 14.5 Å². The molecule has 0 atom stereocenters. The first kappa shape index (κ1) is 24.7. The highest BCUT2D eigenvalue weighted by Crippen LogP contribution is 2.40. The summed E-state index contributed by atoms with van der Waals surface area (Å²) in [6.45, 7) is 1.35. The Morgan fingerprint density at radius 2 is 1.51 bits per heavy atom. The van der Waals surface area contributed by atoms with E-state index >= 15 is 0 Å². The van der Waals surface area contributed by atoms with Crippen molar-refractivity contribution in [2.24, 2.45) is 0 Å². The lowest BCUT2D eigenvalue weighted by molar-refractivity contribution is 0.0982. The number of aromatic nitrogens is 1. The maximum Gasteiger partial charge on any atom is 0.260 e. The smallest absolute Gasteiger partial charge is 0.260 e. The zero-order valence-corrected chi connectivity index (χ0v) is 20.9. The molecule has 0 unspecified atom stereocenters. The van der Waals surface area contributed by atoms with Gasteiger partial charge in [-0.15, -0.1) is 12.4 Å². The second-order valence-electron chi connectivity index (χ2n) is 8.20. The summed E-state index contributed by atoms with van der Waals surface area (Å²) >= 11 is 1.44. The van der Waals surface area contributed by atoms with Gasteiger partial charge >= 0.3 is 0 Å². The van der Waals surface area contributed by atoms with Crippen LogP contribution in [0.3, 0.4) is 0 Å². The fourth-order valence-electron chi connectivity index (χ4n) is 3.68. The molecule has 0 fully saturated rings. The van der Waals surface area contributed by atoms with Crippen molar-refractivity contribution in [2.45, 2.75) is 0 Å². The van der Waals surface area contributed by atoms with Crippen molar-refractivity contribution in [1.29, 1.82) is 0 Å². The molecule has 180 valence electrons. The van der Waals surface area contributed by atoms with Gasteiger partial charge in [0.25, 0.3) is 5.91 Å². The number of nitrogens with zero attached hydrogens (tertiary/aromatic N) is 3. The molecule has 0 radical (unpaired) electrons. The summed E-state index contributed by atoms with van der Waals surface area (Å²) in [6.07, 6.45) is 0. The highest BCUT2D eigenvalue weighted by molar-refractivity contribution is 7.22. The number of rotatable bonds is 7. The van der Waals surface area contributed by atoms with E-state index in [0.29, 0.717) is 46.4 Å². The van der Waals surface area contributed by atoms with Crippen molar-refractivity contribution in [2.75, 3.05) is 38.9 Å². The number of hydrogen-bond acceptors (Lipinski definition) is 7. The lowest BCUT2D eigenvalue weighted by Crippen LogP contribution is -2.36. The molecule has 0 aliphatic carbocycles. The zero-order chi connectivity index (χ0) is 23.7. The highest BCUT2D eigenvalue weighted by atomic mass is 35.5. The lowest BCUT2D eigenvalue weighted by Gasteiger charge is -2.22.